The summed E-state index contributed by atoms with van der Waals surface area (Å²) in [6, 6.07) is 0. The number of carbonyl (C=O) groups is 3. The van der Waals surface area contributed by atoms with Crippen LogP contribution in [0.2, 0.25) is 0 Å². The number of hydrogen-bond donors (Lipinski definition) is 0. The molecule has 0 aliphatic carbocycles. The van der Waals surface area contributed by atoms with E-state index in [-0.39, 0.29) is 44.0 Å². The average molecular weight is 980 g/mol. The van der Waals surface area contributed by atoms with E-state index in [2.05, 4.69) is 167 Å². The molecule has 0 rings (SSSR count). The van der Waals surface area contributed by atoms with E-state index < -0.39 is 6.10 Å². The van der Waals surface area contributed by atoms with Crippen molar-refractivity contribution in [1.82, 2.24) is 0 Å². The molecule has 0 heterocycles. The second-order valence-electron chi connectivity index (χ2n) is 18.3. The first-order valence-corrected chi connectivity index (χ1v) is 28.4. The molecule has 0 amide bonds. The summed E-state index contributed by atoms with van der Waals surface area (Å²) in [5.74, 6) is -1.03. The fourth-order valence-corrected chi connectivity index (χ4v) is 7.20. The van der Waals surface area contributed by atoms with Crippen LogP contribution in [0.25, 0.3) is 0 Å². The predicted octanol–water partition coefficient (Wildman–Crippen LogP) is 19.2. The minimum atomic E-state index is -0.829. The SMILES string of the molecule is CC/C=C\C/C=C\C/C=C\C/C=C\C/C=C\CCCC(=O)OCC(COC(=O)CCCCCCC\C=C/C=C\C=C/C=C\CCCCC)OC(=O)CCCCCCC\C=C/C=C\C=C/CCCCCCC. The monoisotopic (exact) mass is 979 g/mol. The summed E-state index contributed by atoms with van der Waals surface area (Å²) in [6.45, 7) is 6.37. The summed E-state index contributed by atoms with van der Waals surface area (Å²) in [7, 11) is 0. The van der Waals surface area contributed by atoms with Crippen LogP contribution in [0.4, 0.5) is 0 Å². The zero-order valence-corrected chi connectivity index (χ0v) is 45.4. The van der Waals surface area contributed by atoms with Crippen LogP contribution in [-0.4, -0.2) is 37.2 Å². The average Bonchev–Trinajstić information content (AvgIpc) is 3.37. The predicted molar refractivity (Wildman–Crippen MR) is 306 cm³/mol. The van der Waals surface area contributed by atoms with Crippen LogP contribution in [0.5, 0.6) is 0 Å². The second kappa shape index (κ2) is 57.9. The second-order valence-corrected chi connectivity index (χ2v) is 18.3. The minimum Gasteiger partial charge on any atom is -0.462 e. The molecule has 0 aromatic heterocycles. The molecule has 0 aliphatic rings. The zero-order valence-electron chi connectivity index (χ0n) is 45.4. The summed E-state index contributed by atoms with van der Waals surface area (Å²) in [6.07, 6.45) is 82.6. The Morgan fingerprint density at radius 2 is 0.620 bits per heavy atom. The lowest BCUT2D eigenvalue weighted by Gasteiger charge is -2.18. The van der Waals surface area contributed by atoms with Crippen LogP contribution in [0.1, 0.15) is 226 Å². The van der Waals surface area contributed by atoms with E-state index in [0.717, 1.165) is 128 Å². The molecule has 6 heteroatoms. The van der Waals surface area contributed by atoms with Gasteiger partial charge < -0.3 is 14.2 Å². The van der Waals surface area contributed by atoms with Gasteiger partial charge in [0.2, 0.25) is 0 Å². The molecule has 1 atom stereocenters. The van der Waals surface area contributed by atoms with Crippen molar-refractivity contribution in [3.63, 3.8) is 0 Å². The smallest absolute Gasteiger partial charge is 0.306 e. The van der Waals surface area contributed by atoms with Gasteiger partial charge in [0.05, 0.1) is 0 Å². The highest BCUT2D eigenvalue weighted by Gasteiger charge is 2.19. The van der Waals surface area contributed by atoms with Gasteiger partial charge in [-0.2, -0.15) is 0 Å². The number of hydrogen-bond acceptors (Lipinski definition) is 6. The Labute approximate surface area is 436 Å². The first kappa shape index (κ1) is 66.3. The van der Waals surface area contributed by atoms with Gasteiger partial charge in [-0.1, -0.05) is 244 Å². The van der Waals surface area contributed by atoms with Crippen molar-refractivity contribution >= 4 is 17.9 Å². The van der Waals surface area contributed by atoms with Gasteiger partial charge in [0.15, 0.2) is 6.10 Å². The summed E-state index contributed by atoms with van der Waals surface area (Å²) >= 11 is 0. The molecule has 0 aliphatic heterocycles. The summed E-state index contributed by atoms with van der Waals surface area (Å²) < 4.78 is 16.8. The summed E-state index contributed by atoms with van der Waals surface area (Å²) in [4.78, 5) is 38.2. The van der Waals surface area contributed by atoms with E-state index in [1.165, 1.54) is 51.4 Å². The molecule has 0 N–H and O–H groups in total. The van der Waals surface area contributed by atoms with E-state index >= 15 is 0 Å². The molecule has 0 saturated carbocycles. The van der Waals surface area contributed by atoms with E-state index in [4.69, 9.17) is 14.2 Å². The third-order valence-corrected chi connectivity index (χ3v) is 11.5. The Hall–Kier alpha value is -4.71. The molecule has 0 fully saturated rings. The largest absolute Gasteiger partial charge is 0.462 e. The van der Waals surface area contributed by atoms with Gasteiger partial charge in [-0.25, -0.2) is 0 Å². The van der Waals surface area contributed by atoms with Gasteiger partial charge >= 0.3 is 17.9 Å². The molecule has 0 radical (unpaired) electrons. The van der Waals surface area contributed by atoms with Crippen molar-refractivity contribution in [2.75, 3.05) is 13.2 Å². The van der Waals surface area contributed by atoms with Crippen molar-refractivity contribution in [2.24, 2.45) is 0 Å². The highest BCUT2D eigenvalue weighted by atomic mass is 16.6. The van der Waals surface area contributed by atoms with E-state index in [0.29, 0.717) is 12.8 Å². The van der Waals surface area contributed by atoms with Crippen molar-refractivity contribution in [2.45, 2.75) is 232 Å². The molecule has 1 unspecified atom stereocenters. The number of unbranched alkanes of at least 4 members (excludes halogenated alkanes) is 19. The van der Waals surface area contributed by atoms with Crippen LogP contribution in [-0.2, 0) is 28.6 Å². The lowest BCUT2D eigenvalue weighted by molar-refractivity contribution is -0.167. The molecule has 0 aromatic rings. The maximum atomic E-state index is 12.9. The maximum Gasteiger partial charge on any atom is 0.306 e. The summed E-state index contributed by atoms with van der Waals surface area (Å²) in [5, 5.41) is 0. The first-order chi connectivity index (χ1) is 35.0. The van der Waals surface area contributed by atoms with Crippen molar-refractivity contribution in [1.29, 1.82) is 0 Å². The lowest BCUT2D eigenvalue weighted by Crippen LogP contribution is -2.30. The fraction of sp³-hybridized carbons (Fsp3) is 0.585. The van der Waals surface area contributed by atoms with E-state index in [1.807, 2.05) is 0 Å². The van der Waals surface area contributed by atoms with Gasteiger partial charge in [-0.15, -0.1) is 0 Å². The standard InChI is InChI=1S/C65H102O6/c1-4-7-10-13-16-19-22-25-28-31-34-37-40-43-46-49-52-55-58-64(67)70-61-62(60-69-63(66)57-54-51-48-45-42-39-36-33-30-27-24-21-18-15-12-9-6-3)71-65(68)59-56-53-50-47-44-41-38-35-32-29-26-23-20-17-14-11-8-5-2/h9,12,16,18-19,21-23,25-32,34-39,45,48,62H,4-8,10-11,13-15,17,20,24,33,40-44,46-47,49-61H2,1-3H3/b12-9-,19-16-,21-18-,25-22-,26-23-,30-27-,31-28-,32-29-,37-34-,38-35-,39-36-,48-45-. The highest BCUT2D eigenvalue weighted by molar-refractivity contribution is 5.71. The van der Waals surface area contributed by atoms with Crippen molar-refractivity contribution < 1.29 is 28.6 Å². The van der Waals surface area contributed by atoms with Gasteiger partial charge in [0, 0.05) is 19.3 Å². The molecular formula is C65H102O6. The molecule has 0 saturated heterocycles. The molecular weight excluding hydrogens is 877 g/mol. The quantitative estimate of drug-likeness (QED) is 0.0199. The Morgan fingerprint density at radius 1 is 0.310 bits per heavy atom. The zero-order chi connectivity index (χ0) is 51.4. The van der Waals surface area contributed by atoms with Gasteiger partial charge in [0.1, 0.15) is 13.2 Å². The third kappa shape index (κ3) is 56.1. The Kier molecular flexibility index (Phi) is 54.0. The van der Waals surface area contributed by atoms with E-state index in [1.54, 1.807) is 0 Å². The van der Waals surface area contributed by atoms with Gasteiger partial charge in [0.25, 0.3) is 0 Å². The molecule has 0 aromatic carbocycles. The van der Waals surface area contributed by atoms with Crippen LogP contribution in [0, 0.1) is 0 Å². The Morgan fingerprint density at radius 3 is 1.06 bits per heavy atom. The van der Waals surface area contributed by atoms with Crippen molar-refractivity contribution in [3.05, 3.63) is 146 Å². The third-order valence-electron chi connectivity index (χ3n) is 11.5. The highest BCUT2D eigenvalue weighted by Crippen LogP contribution is 2.12. The van der Waals surface area contributed by atoms with E-state index in [9.17, 15) is 14.4 Å². The number of esters is 3. The van der Waals surface area contributed by atoms with Crippen LogP contribution < -0.4 is 0 Å². The van der Waals surface area contributed by atoms with Gasteiger partial charge in [-0.3, -0.25) is 14.4 Å². The first-order valence-electron chi connectivity index (χ1n) is 28.4. The molecule has 6 nitrogen and oxygen atoms in total. The number of allylic oxidation sites excluding steroid dienone is 24. The Balaban J connectivity index is 4.60. The maximum absolute atomic E-state index is 12.9. The lowest BCUT2D eigenvalue weighted by atomic mass is 10.1. The Bertz CT molecular complexity index is 1590. The van der Waals surface area contributed by atoms with Gasteiger partial charge in [-0.05, 0) is 109 Å². The fourth-order valence-electron chi connectivity index (χ4n) is 7.20. The minimum absolute atomic E-state index is 0.123. The summed E-state index contributed by atoms with van der Waals surface area (Å²) in [5.41, 5.74) is 0. The normalized spacial score (nSPS) is 13.2. The van der Waals surface area contributed by atoms with Crippen LogP contribution in [0.3, 0.4) is 0 Å². The molecule has 398 valence electrons. The van der Waals surface area contributed by atoms with Crippen molar-refractivity contribution in [3.8, 4) is 0 Å². The topological polar surface area (TPSA) is 78.9 Å². The molecule has 71 heavy (non-hydrogen) atoms. The molecule has 0 bridgehead atoms. The number of ether oxygens (including phenoxy) is 3. The van der Waals surface area contributed by atoms with Crippen LogP contribution in [0.15, 0.2) is 146 Å². The number of rotatable bonds is 49. The molecule has 0 spiro atoms. The van der Waals surface area contributed by atoms with Crippen LogP contribution >= 0.6 is 0 Å². The number of carbonyl (C=O) groups excluding carboxylic acids is 3.